The van der Waals surface area contributed by atoms with E-state index in [0.29, 0.717) is 5.57 Å². The van der Waals surface area contributed by atoms with Crippen LogP contribution in [0.2, 0.25) is 0 Å². The number of ether oxygens (including phenoxy) is 2. The second-order valence-corrected chi connectivity index (χ2v) is 4.16. The van der Waals surface area contributed by atoms with E-state index in [-0.39, 0.29) is 12.2 Å². The van der Waals surface area contributed by atoms with Crippen LogP contribution in [0.1, 0.15) is 13.3 Å². The van der Waals surface area contributed by atoms with E-state index in [1.807, 2.05) is 0 Å². The molecule has 0 amide bonds. The lowest BCUT2D eigenvalue weighted by molar-refractivity contribution is -0.151. The van der Waals surface area contributed by atoms with Gasteiger partial charge in [0.05, 0.1) is 18.6 Å². The van der Waals surface area contributed by atoms with Crippen molar-refractivity contribution in [3.63, 3.8) is 0 Å². The molecule has 1 aliphatic heterocycles. The summed E-state index contributed by atoms with van der Waals surface area (Å²) in [4.78, 5) is 22.6. The third-order valence-electron chi connectivity index (χ3n) is 2.85. The molecule has 0 fully saturated rings. The second kappa shape index (κ2) is 3.45. The molecular formula is C11H12O5. The molecule has 86 valence electrons. The summed E-state index contributed by atoms with van der Waals surface area (Å²) in [5.74, 6) is -0.716. The highest BCUT2D eigenvalue weighted by molar-refractivity contribution is 5.90. The monoisotopic (exact) mass is 224 g/mol. The standard InChI is InChI=1S/C11H12O5/c1-11(10(14)15-2)4-7(12)6-3-9(13)16-8(6)5-11/h3,5,7,12H,4H2,1-2H3/t7-,11-/m1/s1. The lowest BCUT2D eigenvalue weighted by Gasteiger charge is -2.30. The number of hydrogen-bond donors (Lipinski definition) is 1. The Morgan fingerprint density at radius 2 is 2.38 bits per heavy atom. The van der Waals surface area contributed by atoms with Gasteiger partial charge in [-0.2, -0.15) is 0 Å². The van der Waals surface area contributed by atoms with Gasteiger partial charge in [-0.3, -0.25) is 4.79 Å². The van der Waals surface area contributed by atoms with Crippen LogP contribution >= 0.6 is 0 Å². The van der Waals surface area contributed by atoms with Gasteiger partial charge in [0.1, 0.15) is 5.76 Å². The Balaban J connectivity index is 2.40. The van der Waals surface area contributed by atoms with Gasteiger partial charge >= 0.3 is 11.9 Å². The number of esters is 2. The van der Waals surface area contributed by atoms with Crippen LogP contribution in [0.15, 0.2) is 23.5 Å². The maximum Gasteiger partial charge on any atom is 0.336 e. The summed E-state index contributed by atoms with van der Waals surface area (Å²) < 4.78 is 9.55. The Hall–Kier alpha value is -1.62. The first-order valence-electron chi connectivity index (χ1n) is 4.89. The molecule has 0 aromatic heterocycles. The van der Waals surface area contributed by atoms with Gasteiger partial charge in [0.2, 0.25) is 0 Å². The van der Waals surface area contributed by atoms with E-state index >= 15 is 0 Å². The molecule has 1 N–H and O–H groups in total. The van der Waals surface area contributed by atoms with E-state index in [2.05, 4.69) is 4.74 Å². The highest BCUT2D eigenvalue weighted by Crippen LogP contribution is 2.40. The van der Waals surface area contributed by atoms with Crippen LogP contribution in [0.5, 0.6) is 0 Å². The summed E-state index contributed by atoms with van der Waals surface area (Å²) in [7, 11) is 1.28. The van der Waals surface area contributed by atoms with Crippen LogP contribution < -0.4 is 0 Å². The smallest absolute Gasteiger partial charge is 0.336 e. The molecule has 0 saturated heterocycles. The number of aliphatic hydroxyl groups is 1. The summed E-state index contributed by atoms with van der Waals surface area (Å²) in [6.07, 6.45) is 2.08. The van der Waals surface area contributed by atoms with E-state index in [1.54, 1.807) is 6.92 Å². The first kappa shape index (κ1) is 10.9. The molecule has 0 unspecified atom stereocenters. The number of carbonyl (C=O) groups is 2. The molecule has 2 rings (SSSR count). The van der Waals surface area contributed by atoms with E-state index in [0.717, 1.165) is 0 Å². The van der Waals surface area contributed by atoms with Crippen molar-refractivity contribution in [2.75, 3.05) is 7.11 Å². The Labute approximate surface area is 92.3 Å². The molecule has 0 radical (unpaired) electrons. The molecule has 16 heavy (non-hydrogen) atoms. The van der Waals surface area contributed by atoms with Gasteiger partial charge in [-0.15, -0.1) is 0 Å². The SMILES string of the molecule is COC(=O)[C@@]1(C)C=C2OC(=O)C=C2[C@H](O)C1. The fourth-order valence-corrected chi connectivity index (χ4v) is 2.00. The van der Waals surface area contributed by atoms with Crippen molar-refractivity contribution < 1.29 is 24.2 Å². The number of rotatable bonds is 1. The molecule has 0 bridgehead atoms. The first-order chi connectivity index (χ1) is 7.46. The highest BCUT2D eigenvalue weighted by atomic mass is 16.5. The predicted octanol–water partition coefficient (Wildman–Crippen LogP) is 0.297. The van der Waals surface area contributed by atoms with E-state index in [4.69, 9.17) is 4.74 Å². The summed E-state index contributed by atoms with van der Waals surface area (Å²) in [6.45, 7) is 1.64. The molecular weight excluding hydrogens is 212 g/mol. The van der Waals surface area contributed by atoms with Crippen LogP contribution in [-0.4, -0.2) is 30.3 Å². The van der Waals surface area contributed by atoms with Crippen LogP contribution in [0.4, 0.5) is 0 Å². The maximum absolute atomic E-state index is 11.6. The minimum atomic E-state index is -0.953. The lowest BCUT2D eigenvalue weighted by atomic mass is 9.77. The molecule has 1 aliphatic carbocycles. The number of aliphatic hydroxyl groups excluding tert-OH is 1. The number of carbonyl (C=O) groups excluding carboxylic acids is 2. The van der Waals surface area contributed by atoms with Crippen LogP contribution in [0.3, 0.4) is 0 Å². The van der Waals surface area contributed by atoms with Crippen molar-refractivity contribution in [1.29, 1.82) is 0 Å². The van der Waals surface area contributed by atoms with Crippen molar-refractivity contribution in [3.8, 4) is 0 Å². The van der Waals surface area contributed by atoms with Crippen molar-refractivity contribution in [1.82, 2.24) is 0 Å². The molecule has 0 aromatic rings. The van der Waals surface area contributed by atoms with Crippen molar-refractivity contribution in [2.24, 2.45) is 5.41 Å². The average molecular weight is 224 g/mol. The Bertz CT molecular complexity index is 420. The summed E-state index contributed by atoms with van der Waals surface area (Å²) in [5, 5.41) is 9.83. The topological polar surface area (TPSA) is 72.8 Å². The minimum Gasteiger partial charge on any atom is -0.468 e. The highest BCUT2D eigenvalue weighted by Gasteiger charge is 2.43. The van der Waals surface area contributed by atoms with Crippen molar-refractivity contribution in [2.45, 2.75) is 19.4 Å². The molecule has 0 spiro atoms. The van der Waals surface area contributed by atoms with Gasteiger partial charge in [0.25, 0.3) is 0 Å². The van der Waals surface area contributed by atoms with Gasteiger partial charge in [-0.25, -0.2) is 4.79 Å². The lowest BCUT2D eigenvalue weighted by Crippen LogP contribution is -2.35. The average Bonchev–Trinajstić information content (AvgIpc) is 2.57. The van der Waals surface area contributed by atoms with Crippen LogP contribution in [0, 0.1) is 5.41 Å². The van der Waals surface area contributed by atoms with Gasteiger partial charge in [0, 0.05) is 11.6 Å². The summed E-state index contributed by atoms with van der Waals surface area (Å²) in [5.41, 5.74) is -0.516. The van der Waals surface area contributed by atoms with Gasteiger partial charge in [-0.05, 0) is 19.4 Å². The molecule has 5 nitrogen and oxygen atoms in total. The normalized spacial score (nSPS) is 32.4. The van der Waals surface area contributed by atoms with Crippen LogP contribution in [-0.2, 0) is 19.1 Å². The first-order valence-corrected chi connectivity index (χ1v) is 4.89. The van der Waals surface area contributed by atoms with E-state index in [9.17, 15) is 14.7 Å². The van der Waals surface area contributed by atoms with Gasteiger partial charge < -0.3 is 14.6 Å². The molecule has 1 heterocycles. The summed E-state index contributed by atoms with van der Waals surface area (Å²) in [6, 6.07) is 0. The molecule has 2 atom stereocenters. The zero-order chi connectivity index (χ0) is 11.9. The van der Waals surface area contributed by atoms with Crippen molar-refractivity contribution in [3.05, 3.63) is 23.5 Å². The number of hydrogen-bond acceptors (Lipinski definition) is 5. The number of methoxy groups -OCH3 is 1. The quantitative estimate of drug-likeness (QED) is 0.648. The fraction of sp³-hybridized carbons (Fsp3) is 0.455. The molecule has 0 aromatic carbocycles. The molecule has 2 aliphatic rings. The Morgan fingerprint density at radius 1 is 1.69 bits per heavy atom. The Kier molecular flexibility index (Phi) is 2.35. The third kappa shape index (κ3) is 1.53. The second-order valence-electron chi connectivity index (χ2n) is 4.16. The maximum atomic E-state index is 11.6. The Morgan fingerprint density at radius 3 is 3.00 bits per heavy atom. The van der Waals surface area contributed by atoms with Gasteiger partial charge in [-0.1, -0.05) is 0 Å². The number of fused-ring (bicyclic) bond motifs is 1. The third-order valence-corrected chi connectivity index (χ3v) is 2.85. The predicted molar refractivity (Wildman–Crippen MR) is 53.0 cm³/mol. The largest absolute Gasteiger partial charge is 0.468 e. The molecule has 5 heteroatoms. The minimum absolute atomic E-state index is 0.186. The van der Waals surface area contributed by atoms with Crippen molar-refractivity contribution >= 4 is 11.9 Å². The fourth-order valence-electron chi connectivity index (χ4n) is 2.00. The zero-order valence-electron chi connectivity index (χ0n) is 9.02. The molecule has 0 saturated carbocycles. The van der Waals surface area contributed by atoms with Gasteiger partial charge in [0.15, 0.2) is 0 Å². The zero-order valence-corrected chi connectivity index (χ0v) is 9.02. The van der Waals surface area contributed by atoms with Crippen LogP contribution in [0.25, 0.3) is 0 Å². The summed E-state index contributed by atoms with van der Waals surface area (Å²) >= 11 is 0. The van der Waals surface area contributed by atoms with E-state index < -0.39 is 23.5 Å². The van der Waals surface area contributed by atoms with E-state index in [1.165, 1.54) is 19.3 Å².